The van der Waals surface area contributed by atoms with Crippen LogP contribution in [0.5, 0.6) is 0 Å². The van der Waals surface area contributed by atoms with Crippen LogP contribution in [0.15, 0.2) is 30.3 Å². The van der Waals surface area contributed by atoms with Crippen molar-refractivity contribution in [2.75, 3.05) is 26.7 Å². The van der Waals surface area contributed by atoms with E-state index in [1.165, 1.54) is 5.56 Å². The molecule has 19 heavy (non-hydrogen) atoms. The third-order valence-electron chi connectivity index (χ3n) is 3.04. The van der Waals surface area contributed by atoms with Crippen LogP contribution in [0.4, 0.5) is 0 Å². The molecule has 1 rings (SSSR count). The first-order valence-electron chi connectivity index (χ1n) is 6.54. The van der Waals surface area contributed by atoms with Gasteiger partial charge in [-0.1, -0.05) is 37.3 Å². The van der Waals surface area contributed by atoms with Gasteiger partial charge in [0.25, 0.3) is 0 Å². The van der Waals surface area contributed by atoms with Gasteiger partial charge in [-0.15, -0.1) is 0 Å². The molecule has 102 valence electrons. The molecule has 1 aromatic carbocycles. The summed E-state index contributed by atoms with van der Waals surface area (Å²) in [4.78, 5) is 15.7. The van der Waals surface area contributed by atoms with Gasteiger partial charge in [0.2, 0.25) is 5.91 Å². The summed E-state index contributed by atoms with van der Waals surface area (Å²) < 4.78 is 0. The maximum atomic E-state index is 12.0. The van der Waals surface area contributed by atoms with Gasteiger partial charge in [-0.2, -0.15) is 5.26 Å². The maximum Gasteiger partial charge on any atom is 0.236 e. The van der Waals surface area contributed by atoms with E-state index in [0.29, 0.717) is 19.5 Å². The Morgan fingerprint density at radius 3 is 2.58 bits per heavy atom. The number of likely N-dealkylation sites (N-methyl/N-ethyl adjacent to an activating group) is 2. The molecular formula is C15H21N3O. The van der Waals surface area contributed by atoms with Crippen molar-refractivity contribution in [3.8, 4) is 6.07 Å². The summed E-state index contributed by atoms with van der Waals surface area (Å²) in [7, 11) is 1.75. The molecule has 1 amide bonds. The minimum Gasteiger partial charge on any atom is -0.344 e. The van der Waals surface area contributed by atoms with E-state index < -0.39 is 0 Å². The molecule has 0 spiro atoms. The van der Waals surface area contributed by atoms with Crippen molar-refractivity contribution in [3.63, 3.8) is 0 Å². The first kappa shape index (κ1) is 15.2. The summed E-state index contributed by atoms with van der Waals surface area (Å²) in [6, 6.07) is 12.2. The molecule has 0 aliphatic heterocycles. The van der Waals surface area contributed by atoms with E-state index >= 15 is 0 Å². The maximum absolute atomic E-state index is 12.0. The third-order valence-corrected chi connectivity index (χ3v) is 3.04. The zero-order valence-corrected chi connectivity index (χ0v) is 11.7. The predicted octanol–water partition coefficient (Wildman–Crippen LogP) is 1.88. The van der Waals surface area contributed by atoms with Crippen molar-refractivity contribution in [2.24, 2.45) is 0 Å². The zero-order chi connectivity index (χ0) is 14.1. The highest BCUT2D eigenvalue weighted by Crippen LogP contribution is 2.04. The van der Waals surface area contributed by atoms with Gasteiger partial charge < -0.3 is 4.90 Å². The lowest BCUT2D eigenvalue weighted by Crippen LogP contribution is -2.38. The van der Waals surface area contributed by atoms with Crippen LogP contribution < -0.4 is 0 Å². The van der Waals surface area contributed by atoms with Gasteiger partial charge >= 0.3 is 0 Å². The molecule has 0 heterocycles. The second kappa shape index (κ2) is 8.28. The summed E-state index contributed by atoms with van der Waals surface area (Å²) in [5.41, 5.74) is 1.21. The van der Waals surface area contributed by atoms with Crippen molar-refractivity contribution in [3.05, 3.63) is 35.9 Å². The van der Waals surface area contributed by atoms with Crippen LogP contribution in [0.25, 0.3) is 0 Å². The number of carbonyl (C=O) groups is 1. The third kappa shape index (κ3) is 5.54. The molecule has 0 radical (unpaired) electrons. The van der Waals surface area contributed by atoms with E-state index in [0.717, 1.165) is 13.1 Å². The van der Waals surface area contributed by atoms with Crippen molar-refractivity contribution in [2.45, 2.75) is 19.9 Å². The van der Waals surface area contributed by atoms with E-state index in [9.17, 15) is 4.79 Å². The second-order valence-corrected chi connectivity index (χ2v) is 4.51. The summed E-state index contributed by atoms with van der Waals surface area (Å²) in [6.07, 6.45) is 0.382. The molecule has 4 nitrogen and oxygen atoms in total. The number of hydrogen-bond acceptors (Lipinski definition) is 3. The molecule has 0 fully saturated rings. The Balaban J connectivity index is 2.48. The van der Waals surface area contributed by atoms with Crippen LogP contribution in [-0.4, -0.2) is 42.4 Å². The molecule has 4 heteroatoms. The minimum atomic E-state index is 0.0630. The molecular weight excluding hydrogens is 238 g/mol. The Bertz CT molecular complexity index is 425. The fourth-order valence-corrected chi connectivity index (χ4v) is 1.78. The zero-order valence-electron chi connectivity index (χ0n) is 11.7. The van der Waals surface area contributed by atoms with Crippen LogP contribution in [0.1, 0.15) is 18.9 Å². The average molecular weight is 259 g/mol. The van der Waals surface area contributed by atoms with Gasteiger partial charge in [-0.25, -0.2) is 0 Å². The van der Waals surface area contributed by atoms with E-state index in [1.54, 1.807) is 11.9 Å². The molecule has 0 bridgehead atoms. The molecule has 0 atom stereocenters. The van der Waals surface area contributed by atoms with Gasteiger partial charge in [-0.05, 0) is 12.1 Å². The van der Waals surface area contributed by atoms with Gasteiger partial charge in [0, 0.05) is 20.1 Å². The van der Waals surface area contributed by atoms with E-state index in [2.05, 4.69) is 23.1 Å². The first-order valence-corrected chi connectivity index (χ1v) is 6.54. The van der Waals surface area contributed by atoms with Gasteiger partial charge in [0.15, 0.2) is 0 Å². The van der Waals surface area contributed by atoms with Crippen LogP contribution in [-0.2, 0) is 11.3 Å². The number of hydrogen-bond donors (Lipinski definition) is 0. The van der Waals surface area contributed by atoms with Gasteiger partial charge in [-0.3, -0.25) is 9.69 Å². The van der Waals surface area contributed by atoms with Crippen molar-refractivity contribution < 1.29 is 4.79 Å². The largest absolute Gasteiger partial charge is 0.344 e. The van der Waals surface area contributed by atoms with Crippen molar-refractivity contribution in [1.82, 2.24) is 9.80 Å². The SMILES string of the molecule is CCN(CC(=O)N(C)CCC#N)Cc1ccccc1. The van der Waals surface area contributed by atoms with Gasteiger partial charge in [0.05, 0.1) is 19.0 Å². The normalized spacial score (nSPS) is 10.2. The Kier molecular flexibility index (Phi) is 6.62. The summed E-state index contributed by atoms with van der Waals surface area (Å²) >= 11 is 0. The standard InChI is InChI=1S/C15H21N3O/c1-3-18(12-14-8-5-4-6-9-14)13-15(19)17(2)11-7-10-16/h4-6,8-9H,3,7,11-13H2,1-2H3. The average Bonchev–Trinajstić information content (AvgIpc) is 2.44. The quantitative estimate of drug-likeness (QED) is 0.751. The smallest absolute Gasteiger partial charge is 0.236 e. The Morgan fingerprint density at radius 2 is 2.00 bits per heavy atom. The Hall–Kier alpha value is -1.86. The monoisotopic (exact) mass is 259 g/mol. The van der Waals surface area contributed by atoms with E-state index in [1.807, 2.05) is 25.1 Å². The van der Waals surface area contributed by atoms with E-state index in [4.69, 9.17) is 5.26 Å². The molecule has 0 saturated carbocycles. The van der Waals surface area contributed by atoms with Crippen LogP contribution >= 0.6 is 0 Å². The lowest BCUT2D eigenvalue weighted by Gasteiger charge is -2.23. The summed E-state index contributed by atoms with van der Waals surface area (Å²) in [6.45, 7) is 4.54. The number of nitrogens with zero attached hydrogens (tertiary/aromatic N) is 3. The number of nitriles is 1. The molecule has 0 unspecified atom stereocenters. The molecule has 0 aromatic heterocycles. The Morgan fingerprint density at radius 1 is 1.32 bits per heavy atom. The van der Waals surface area contributed by atoms with Gasteiger partial charge in [0.1, 0.15) is 0 Å². The number of carbonyl (C=O) groups excluding carboxylic acids is 1. The highest BCUT2D eigenvalue weighted by atomic mass is 16.2. The summed E-state index contributed by atoms with van der Waals surface area (Å²) in [5.74, 6) is 0.0630. The molecule has 0 aliphatic carbocycles. The molecule has 0 saturated heterocycles. The topological polar surface area (TPSA) is 47.3 Å². The molecule has 1 aromatic rings. The minimum absolute atomic E-state index is 0.0630. The number of amides is 1. The fourth-order valence-electron chi connectivity index (χ4n) is 1.78. The first-order chi connectivity index (χ1) is 9.17. The number of rotatable bonds is 7. The second-order valence-electron chi connectivity index (χ2n) is 4.51. The predicted molar refractivity (Wildman–Crippen MR) is 75.3 cm³/mol. The molecule has 0 aliphatic rings. The molecule has 0 N–H and O–H groups in total. The fraction of sp³-hybridized carbons (Fsp3) is 0.467. The van der Waals surface area contributed by atoms with Crippen LogP contribution in [0, 0.1) is 11.3 Å². The van der Waals surface area contributed by atoms with Crippen molar-refractivity contribution in [1.29, 1.82) is 5.26 Å². The van der Waals surface area contributed by atoms with Crippen LogP contribution in [0.3, 0.4) is 0 Å². The highest BCUT2D eigenvalue weighted by Gasteiger charge is 2.13. The Labute approximate surface area is 115 Å². The lowest BCUT2D eigenvalue weighted by atomic mass is 10.2. The van der Waals surface area contributed by atoms with E-state index in [-0.39, 0.29) is 5.91 Å². The number of benzene rings is 1. The van der Waals surface area contributed by atoms with Crippen molar-refractivity contribution >= 4 is 5.91 Å². The summed E-state index contributed by atoms with van der Waals surface area (Å²) in [5, 5.41) is 8.52. The van der Waals surface area contributed by atoms with Crippen LogP contribution in [0.2, 0.25) is 0 Å². The highest BCUT2D eigenvalue weighted by molar-refractivity contribution is 5.78. The lowest BCUT2D eigenvalue weighted by molar-refractivity contribution is -0.131.